The zero-order chi connectivity index (χ0) is 18.2. The van der Waals surface area contributed by atoms with Gasteiger partial charge >= 0.3 is 11.8 Å². The van der Waals surface area contributed by atoms with Crippen molar-refractivity contribution in [3.05, 3.63) is 84.3 Å². The maximum atomic E-state index is 11.9. The Morgan fingerprint density at radius 3 is 2.19 bits per heavy atom. The van der Waals surface area contributed by atoms with Gasteiger partial charge in [0.15, 0.2) is 0 Å². The van der Waals surface area contributed by atoms with Crippen molar-refractivity contribution in [1.29, 1.82) is 0 Å². The van der Waals surface area contributed by atoms with Gasteiger partial charge in [0.05, 0.1) is 12.5 Å². The van der Waals surface area contributed by atoms with E-state index in [4.69, 9.17) is 4.42 Å². The van der Waals surface area contributed by atoms with Crippen molar-refractivity contribution < 1.29 is 14.0 Å². The first-order valence-electron chi connectivity index (χ1n) is 8.44. The van der Waals surface area contributed by atoms with Crippen LogP contribution < -0.4 is 10.6 Å². The number of rotatable bonds is 6. The van der Waals surface area contributed by atoms with Crippen molar-refractivity contribution in [2.75, 3.05) is 6.54 Å². The maximum Gasteiger partial charge on any atom is 0.309 e. The molecule has 1 heterocycles. The molecule has 0 aliphatic rings. The van der Waals surface area contributed by atoms with Crippen LogP contribution in [-0.4, -0.2) is 18.4 Å². The first-order valence-corrected chi connectivity index (χ1v) is 8.44. The van der Waals surface area contributed by atoms with E-state index < -0.39 is 11.8 Å². The molecule has 2 aromatic carbocycles. The fraction of sp³-hybridized carbons (Fsp3) is 0.143. The summed E-state index contributed by atoms with van der Waals surface area (Å²) in [5, 5.41) is 5.27. The lowest BCUT2D eigenvalue weighted by atomic mass is 10.1. The molecule has 0 bridgehead atoms. The van der Waals surface area contributed by atoms with Gasteiger partial charge in [0.25, 0.3) is 0 Å². The fourth-order valence-electron chi connectivity index (χ4n) is 2.55. The number of benzene rings is 2. The zero-order valence-electron chi connectivity index (χ0n) is 14.3. The van der Waals surface area contributed by atoms with Crippen LogP contribution >= 0.6 is 0 Å². The first-order chi connectivity index (χ1) is 12.7. The number of carbonyl (C=O) groups excluding carboxylic acids is 2. The normalized spacial score (nSPS) is 10.3. The van der Waals surface area contributed by atoms with Gasteiger partial charge in [-0.15, -0.1) is 0 Å². The van der Waals surface area contributed by atoms with E-state index in [0.29, 0.717) is 19.5 Å². The molecule has 1 aromatic heterocycles. The summed E-state index contributed by atoms with van der Waals surface area (Å²) in [6.07, 6.45) is 3.99. The second-order valence-electron chi connectivity index (χ2n) is 5.88. The van der Waals surface area contributed by atoms with Crippen LogP contribution in [0.5, 0.6) is 0 Å². The minimum Gasteiger partial charge on any atom is -0.472 e. The molecule has 0 saturated heterocycles. The second kappa shape index (κ2) is 8.67. The van der Waals surface area contributed by atoms with Crippen molar-refractivity contribution in [2.24, 2.45) is 0 Å². The molecule has 2 amide bonds. The van der Waals surface area contributed by atoms with Crippen LogP contribution in [-0.2, 0) is 22.6 Å². The molecule has 0 spiro atoms. The second-order valence-corrected chi connectivity index (χ2v) is 5.88. The lowest BCUT2D eigenvalue weighted by Gasteiger charge is -2.07. The lowest BCUT2D eigenvalue weighted by Crippen LogP contribution is -2.40. The van der Waals surface area contributed by atoms with Gasteiger partial charge in [-0.25, -0.2) is 0 Å². The SMILES string of the molecule is O=C(NCCc1ccccc1)C(=O)NCc1ccc(-c2ccoc2)cc1. The highest BCUT2D eigenvalue weighted by Crippen LogP contribution is 2.19. The number of furan rings is 1. The van der Waals surface area contributed by atoms with E-state index >= 15 is 0 Å². The molecule has 0 saturated carbocycles. The predicted molar refractivity (Wildman–Crippen MR) is 99.1 cm³/mol. The highest BCUT2D eigenvalue weighted by atomic mass is 16.3. The molecule has 0 aliphatic heterocycles. The smallest absolute Gasteiger partial charge is 0.309 e. The van der Waals surface area contributed by atoms with E-state index in [2.05, 4.69) is 10.6 Å². The largest absolute Gasteiger partial charge is 0.472 e. The van der Waals surface area contributed by atoms with E-state index in [-0.39, 0.29) is 0 Å². The quantitative estimate of drug-likeness (QED) is 0.673. The van der Waals surface area contributed by atoms with Crippen LogP contribution in [0.25, 0.3) is 11.1 Å². The van der Waals surface area contributed by atoms with E-state index in [1.165, 1.54) is 0 Å². The number of hydrogen-bond acceptors (Lipinski definition) is 3. The fourth-order valence-corrected chi connectivity index (χ4v) is 2.55. The molecule has 2 N–H and O–H groups in total. The maximum absolute atomic E-state index is 11.9. The highest BCUT2D eigenvalue weighted by molar-refractivity contribution is 6.35. The third-order valence-corrected chi connectivity index (χ3v) is 4.01. The van der Waals surface area contributed by atoms with Crippen LogP contribution in [0.4, 0.5) is 0 Å². The molecular weight excluding hydrogens is 328 g/mol. The Bertz CT molecular complexity index is 841. The van der Waals surface area contributed by atoms with E-state index in [1.807, 2.05) is 60.7 Å². The van der Waals surface area contributed by atoms with Crippen molar-refractivity contribution in [1.82, 2.24) is 10.6 Å². The molecule has 3 aromatic rings. The Balaban J connectivity index is 1.42. The van der Waals surface area contributed by atoms with Crippen molar-refractivity contribution >= 4 is 11.8 Å². The van der Waals surface area contributed by atoms with Crippen LogP contribution in [0.3, 0.4) is 0 Å². The number of amides is 2. The summed E-state index contributed by atoms with van der Waals surface area (Å²) in [5.41, 5.74) is 4.07. The minimum absolute atomic E-state index is 0.302. The minimum atomic E-state index is -0.628. The Kier molecular flexibility index (Phi) is 5.83. The number of hydrogen-bond donors (Lipinski definition) is 2. The average molecular weight is 348 g/mol. The average Bonchev–Trinajstić information content (AvgIpc) is 3.22. The number of carbonyl (C=O) groups is 2. The van der Waals surface area contributed by atoms with E-state index in [1.54, 1.807) is 12.5 Å². The summed E-state index contributed by atoms with van der Waals surface area (Å²) in [5.74, 6) is -1.24. The predicted octanol–water partition coefficient (Wildman–Crippen LogP) is 2.92. The molecule has 0 unspecified atom stereocenters. The van der Waals surface area contributed by atoms with Gasteiger partial charge in [0, 0.05) is 18.7 Å². The van der Waals surface area contributed by atoms with E-state index in [0.717, 1.165) is 22.3 Å². The molecular formula is C21H20N2O3. The van der Waals surface area contributed by atoms with Gasteiger partial charge in [0.2, 0.25) is 0 Å². The molecule has 5 heteroatoms. The van der Waals surface area contributed by atoms with Crippen molar-refractivity contribution in [3.8, 4) is 11.1 Å². The van der Waals surface area contributed by atoms with Crippen LogP contribution in [0.1, 0.15) is 11.1 Å². The topological polar surface area (TPSA) is 71.3 Å². The molecule has 0 aliphatic carbocycles. The third-order valence-electron chi connectivity index (χ3n) is 4.01. The first kappa shape index (κ1) is 17.5. The molecule has 0 atom stereocenters. The Labute approximate surface area is 152 Å². The van der Waals surface area contributed by atoms with Crippen LogP contribution in [0.15, 0.2) is 77.6 Å². The van der Waals surface area contributed by atoms with Crippen LogP contribution in [0.2, 0.25) is 0 Å². The van der Waals surface area contributed by atoms with Gasteiger partial charge in [-0.05, 0) is 29.2 Å². The highest BCUT2D eigenvalue weighted by Gasteiger charge is 2.12. The van der Waals surface area contributed by atoms with Gasteiger partial charge in [0.1, 0.15) is 0 Å². The molecule has 132 valence electrons. The van der Waals surface area contributed by atoms with Gasteiger partial charge in [-0.2, -0.15) is 0 Å². The monoisotopic (exact) mass is 348 g/mol. The standard InChI is InChI=1S/C21H20N2O3/c24-20(22-12-10-16-4-2-1-3-5-16)21(25)23-14-17-6-8-18(9-7-17)19-11-13-26-15-19/h1-9,11,13,15H,10,12,14H2,(H,22,24)(H,23,25). The summed E-state index contributed by atoms with van der Waals surface area (Å²) >= 11 is 0. The summed E-state index contributed by atoms with van der Waals surface area (Å²) in [7, 11) is 0. The third kappa shape index (κ3) is 4.83. The zero-order valence-corrected chi connectivity index (χ0v) is 14.3. The molecule has 5 nitrogen and oxygen atoms in total. The van der Waals surface area contributed by atoms with E-state index in [9.17, 15) is 9.59 Å². The summed E-state index contributed by atoms with van der Waals surface area (Å²) in [6, 6.07) is 19.4. The Hall–Kier alpha value is -3.34. The van der Waals surface area contributed by atoms with Crippen LogP contribution in [0, 0.1) is 0 Å². The summed E-state index contributed by atoms with van der Waals surface area (Å²) < 4.78 is 5.06. The number of nitrogens with one attached hydrogen (secondary N) is 2. The molecule has 3 rings (SSSR count). The van der Waals surface area contributed by atoms with Crippen molar-refractivity contribution in [3.63, 3.8) is 0 Å². The van der Waals surface area contributed by atoms with Gasteiger partial charge < -0.3 is 15.1 Å². The van der Waals surface area contributed by atoms with Gasteiger partial charge in [-0.3, -0.25) is 9.59 Å². The van der Waals surface area contributed by atoms with Crippen molar-refractivity contribution in [2.45, 2.75) is 13.0 Å². The van der Waals surface area contributed by atoms with Gasteiger partial charge in [-0.1, -0.05) is 54.6 Å². The summed E-state index contributed by atoms with van der Waals surface area (Å²) in [6.45, 7) is 0.728. The molecule has 26 heavy (non-hydrogen) atoms. The Morgan fingerprint density at radius 1 is 0.769 bits per heavy atom. The molecule has 0 radical (unpaired) electrons. The summed E-state index contributed by atoms with van der Waals surface area (Å²) in [4.78, 5) is 23.7. The molecule has 0 fully saturated rings. The Morgan fingerprint density at radius 2 is 1.50 bits per heavy atom. The lowest BCUT2D eigenvalue weighted by molar-refractivity contribution is -0.139.